The number of benzene rings is 1. The minimum Gasteiger partial charge on any atom is -0.460 e. The summed E-state index contributed by atoms with van der Waals surface area (Å²) in [5, 5.41) is 17.1. The van der Waals surface area contributed by atoms with Gasteiger partial charge in [-0.05, 0) is 18.2 Å². The average molecular weight is 269 g/mol. The molecule has 0 aromatic heterocycles. The Bertz CT molecular complexity index is 460. The van der Waals surface area contributed by atoms with Crippen molar-refractivity contribution in [1.29, 1.82) is 0 Å². The first-order chi connectivity index (χ1) is 9.10. The van der Waals surface area contributed by atoms with Gasteiger partial charge in [-0.2, -0.15) is 0 Å². The van der Waals surface area contributed by atoms with Crippen molar-refractivity contribution in [2.24, 2.45) is 0 Å². The van der Waals surface area contributed by atoms with Crippen molar-refractivity contribution < 1.29 is 29.3 Å². The van der Waals surface area contributed by atoms with Crippen LogP contribution in [0.2, 0.25) is 0 Å². The summed E-state index contributed by atoms with van der Waals surface area (Å²) in [7, 11) is 0. The quantitative estimate of drug-likeness (QED) is 0.473. The predicted molar refractivity (Wildman–Crippen MR) is 65.6 cm³/mol. The van der Waals surface area contributed by atoms with Crippen molar-refractivity contribution in [2.45, 2.75) is 0 Å². The van der Waals surface area contributed by atoms with Crippen molar-refractivity contribution in [3.63, 3.8) is 0 Å². The number of carbonyl (C=O) groups is 2. The molecule has 0 bridgehead atoms. The third kappa shape index (κ3) is 4.23. The summed E-state index contributed by atoms with van der Waals surface area (Å²) in [6.45, 7) is -0.790. The second-order valence-corrected chi connectivity index (χ2v) is 3.52. The summed E-state index contributed by atoms with van der Waals surface area (Å²) < 4.78 is 9.41. The predicted octanol–water partition coefficient (Wildman–Crippen LogP) is -0.433. The fraction of sp³-hybridized carbons (Fsp3) is 0.333. The van der Waals surface area contributed by atoms with E-state index in [1.807, 2.05) is 0 Å². The number of carbonyl (C=O) groups excluding carboxylic acids is 2. The largest absolute Gasteiger partial charge is 0.460 e. The summed E-state index contributed by atoms with van der Waals surface area (Å²) >= 11 is 0. The van der Waals surface area contributed by atoms with Gasteiger partial charge in [0.05, 0.1) is 24.3 Å². The number of hydrogen-bond acceptors (Lipinski definition) is 7. The van der Waals surface area contributed by atoms with E-state index in [0.717, 1.165) is 0 Å². The van der Waals surface area contributed by atoms with Crippen LogP contribution in [-0.2, 0) is 9.47 Å². The molecule has 0 radical (unpaired) electrons. The Balaban J connectivity index is 2.79. The number of nitrogen functional groups attached to an aromatic ring is 1. The highest BCUT2D eigenvalue weighted by Gasteiger charge is 2.14. The highest BCUT2D eigenvalue weighted by atomic mass is 16.5. The van der Waals surface area contributed by atoms with Crippen molar-refractivity contribution in [1.82, 2.24) is 0 Å². The van der Waals surface area contributed by atoms with Gasteiger partial charge in [0.25, 0.3) is 0 Å². The van der Waals surface area contributed by atoms with Crippen LogP contribution < -0.4 is 5.73 Å². The minimum absolute atomic E-state index is 0.0707. The smallest absolute Gasteiger partial charge is 0.340 e. The lowest BCUT2D eigenvalue weighted by Gasteiger charge is -2.08. The van der Waals surface area contributed by atoms with Gasteiger partial charge in [0, 0.05) is 5.69 Å². The van der Waals surface area contributed by atoms with E-state index in [0.29, 0.717) is 0 Å². The number of aliphatic hydroxyl groups is 2. The molecule has 0 saturated carbocycles. The normalized spacial score (nSPS) is 10.0. The van der Waals surface area contributed by atoms with Crippen molar-refractivity contribution in [3.8, 4) is 0 Å². The molecule has 0 aliphatic rings. The third-order valence-electron chi connectivity index (χ3n) is 2.16. The maximum atomic E-state index is 11.5. The molecular formula is C12H15NO6. The number of rotatable bonds is 6. The highest BCUT2D eigenvalue weighted by Crippen LogP contribution is 2.16. The number of hydrogen-bond donors (Lipinski definition) is 3. The fourth-order valence-corrected chi connectivity index (χ4v) is 1.31. The monoisotopic (exact) mass is 269 g/mol. The molecule has 1 aromatic carbocycles. The molecule has 0 heterocycles. The Kier molecular flexibility index (Phi) is 5.77. The first-order valence-corrected chi connectivity index (χ1v) is 5.55. The van der Waals surface area contributed by atoms with E-state index in [9.17, 15) is 9.59 Å². The van der Waals surface area contributed by atoms with Gasteiger partial charge in [-0.25, -0.2) is 9.59 Å². The van der Waals surface area contributed by atoms with Crippen LogP contribution in [0.15, 0.2) is 18.2 Å². The number of esters is 2. The molecule has 0 aliphatic carbocycles. The Labute approximate surface area is 109 Å². The van der Waals surface area contributed by atoms with Crippen LogP contribution in [0.3, 0.4) is 0 Å². The van der Waals surface area contributed by atoms with Gasteiger partial charge in [0.2, 0.25) is 0 Å². The van der Waals surface area contributed by atoms with Crippen LogP contribution in [0.5, 0.6) is 0 Å². The van der Waals surface area contributed by atoms with Crippen molar-refractivity contribution in [3.05, 3.63) is 29.3 Å². The Hall–Kier alpha value is -2.12. The van der Waals surface area contributed by atoms with Crippen LogP contribution >= 0.6 is 0 Å². The molecule has 19 heavy (non-hydrogen) atoms. The number of aliphatic hydroxyl groups excluding tert-OH is 2. The summed E-state index contributed by atoms with van der Waals surface area (Å²) in [6, 6.07) is 3.99. The van der Waals surface area contributed by atoms with E-state index in [4.69, 9.17) is 25.4 Å². The van der Waals surface area contributed by atoms with Crippen LogP contribution in [0.25, 0.3) is 0 Å². The van der Waals surface area contributed by atoms with Crippen LogP contribution in [0, 0.1) is 0 Å². The molecule has 7 nitrogen and oxygen atoms in total. The Morgan fingerprint density at radius 1 is 1.05 bits per heavy atom. The lowest BCUT2D eigenvalue weighted by atomic mass is 10.1. The number of nitrogens with two attached hydrogens (primary N) is 1. The summed E-state index contributed by atoms with van der Waals surface area (Å²) in [5.41, 5.74) is 5.99. The van der Waals surface area contributed by atoms with Crippen LogP contribution in [0.4, 0.5) is 5.69 Å². The molecule has 0 saturated heterocycles. The molecule has 0 fully saturated rings. The van der Waals surface area contributed by atoms with Gasteiger partial charge < -0.3 is 25.4 Å². The van der Waals surface area contributed by atoms with Gasteiger partial charge in [-0.1, -0.05) is 0 Å². The van der Waals surface area contributed by atoms with Crippen molar-refractivity contribution in [2.75, 3.05) is 32.2 Å². The molecule has 0 amide bonds. The number of anilines is 1. The first-order valence-electron chi connectivity index (χ1n) is 5.55. The molecule has 0 unspecified atom stereocenters. The maximum Gasteiger partial charge on any atom is 0.340 e. The van der Waals surface area contributed by atoms with Gasteiger partial charge in [-0.3, -0.25) is 0 Å². The summed E-state index contributed by atoms with van der Waals surface area (Å²) in [6.07, 6.45) is 0. The van der Waals surface area contributed by atoms with Gasteiger partial charge in [0.1, 0.15) is 13.2 Å². The van der Waals surface area contributed by atoms with Gasteiger partial charge >= 0.3 is 11.9 Å². The van der Waals surface area contributed by atoms with Crippen LogP contribution in [0.1, 0.15) is 20.7 Å². The Morgan fingerprint density at radius 2 is 1.63 bits per heavy atom. The van der Waals surface area contributed by atoms with E-state index in [1.54, 1.807) is 0 Å². The van der Waals surface area contributed by atoms with E-state index < -0.39 is 11.9 Å². The lowest BCUT2D eigenvalue weighted by molar-refractivity contribution is 0.0422. The lowest BCUT2D eigenvalue weighted by Crippen LogP contribution is -2.13. The SMILES string of the molecule is Nc1cc(C(=O)OCCO)ccc1C(=O)OCCO. The molecule has 104 valence electrons. The fourth-order valence-electron chi connectivity index (χ4n) is 1.31. The van der Waals surface area contributed by atoms with Gasteiger partial charge in [0.15, 0.2) is 0 Å². The number of ether oxygens (including phenoxy) is 2. The zero-order valence-corrected chi connectivity index (χ0v) is 10.2. The molecule has 0 atom stereocenters. The minimum atomic E-state index is -0.679. The van der Waals surface area contributed by atoms with E-state index in [1.165, 1.54) is 18.2 Å². The maximum absolute atomic E-state index is 11.5. The average Bonchev–Trinajstić information content (AvgIpc) is 2.41. The Morgan fingerprint density at radius 3 is 2.16 bits per heavy atom. The third-order valence-corrected chi connectivity index (χ3v) is 2.16. The van der Waals surface area contributed by atoms with Gasteiger partial charge in [-0.15, -0.1) is 0 Å². The molecular weight excluding hydrogens is 254 g/mol. The topological polar surface area (TPSA) is 119 Å². The second-order valence-electron chi connectivity index (χ2n) is 3.52. The zero-order chi connectivity index (χ0) is 14.3. The molecule has 4 N–H and O–H groups in total. The zero-order valence-electron chi connectivity index (χ0n) is 10.2. The molecule has 0 spiro atoms. The molecule has 1 rings (SSSR count). The van der Waals surface area contributed by atoms with E-state index in [-0.39, 0.29) is 43.2 Å². The van der Waals surface area contributed by atoms with Crippen molar-refractivity contribution >= 4 is 17.6 Å². The molecule has 1 aromatic rings. The van der Waals surface area contributed by atoms with E-state index in [2.05, 4.69) is 0 Å². The molecule has 7 heteroatoms. The van der Waals surface area contributed by atoms with Crippen LogP contribution in [-0.4, -0.2) is 48.6 Å². The first kappa shape index (κ1) is 14.9. The second kappa shape index (κ2) is 7.34. The standard InChI is InChI=1S/C12H15NO6/c13-10-7-8(11(16)18-5-3-14)1-2-9(10)12(17)19-6-4-15/h1-2,7,14-15H,3-6,13H2. The van der Waals surface area contributed by atoms with E-state index >= 15 is 0 Å². The highest BCUT2D eigenvalue weighted by molar-refractivity contribution is 5.98. The summed E-state index contributed by atoms with van der Waals surface area (Å²) in [4.78, 5) is 23.0. The molecule has 0 aliphatic heterocycles. The summed E-state index contributed by atoms with van der Waals surface area (Å²) in [5.74, 6) is -1.32.